The van der Waals surface area contributed by atoms with Gasteiger partial charge in [-0.25, -0.2) is 4.79 Å². The number of hydrogen-bond acceptors (Lipinski definition) is 3. The predicted molar refractivity (Wildman–Crippen MR) is 97.6 cm³/mol. The minimum absolute atomic E-state index is 0.110. The van der Waals surface area contributed by atoms with Crippen LogP contribution in [0.5, 0.6) is 0 Å². The van der Waals surface area contributed by atoms with Crippen molar-refractivity contribution in [2.75, 3.05) is 23.8 Å². The lowest BCUT2D eigenvalue weighted by Gasteiger charge is -2.22. The van der Waals surface area contributed by atoms with E-state index in [0.29, 0.717) is 25.2 Å². The van der Waals surface area contributed by atoms with E-state index < -0.39 is 0 Å². The van der Waals surface area contributed by atoms with Gasteiger partial charge in [0.25, 0.3) is 0 Å². The van der Waals surface area contributed by atoms with Crippen molar-refractivity contribution < 1.29 is 9.59 Å². The van der Waals surface area contributed by atoms with E-state index in [1.54, 1.807) is 28.2 Å². The summed E-state index contributed by atoms with van der Waals surface area (Å²) in [6.07, 6.45) is 1.43. The van der Waals surface area contributed by atoms with Crippen molar-refractivity contribution in [3.8, 4) is 0 Å². The number of aryl methyl sites for hydroxylation is 1. The molecule has 0 bridgehead atoms. The highest BCUT2D eigenvalue weighted by Gasteiger charge is 2.24. The third-order valence-corrected chi connectivity index (χ3v) is 5.21. The van der Waals surface area contributed by atoms with Crippen molar-refractivity contribution in [1.29, 1.82) is 0 Å². The van der Waals surface area contributed by atoms with Crippen LogP contribution in [-0.2, 0) is 11.3 Å². The first-order valence-corrected chi connectivity index (χ1v) is 8.88. The van der Waals surface area contributed by atoms with Crippen LogP contribution < -0.4 is 10.2 Å². The highest BCUT2D eigenvalue weighted by molar-refractivity contribution is 7.10. The third-order valence-electron chi connectivity index (χ3n) is 4.21. The molecule has 3 amide bonds. The first-order valence-electron chi connectivity index (χ1n) is 8.01. The molecule has 1 saturated heterocycles. The monoisotopic (exact) mass is 343 g/mol. The first-order chi connectivity index (χ1) is 11.6. The zero-order chi connectivity index (χ0) is 17.1. The average Bonchev–Trinajstić information content (AvgIpc) is 3.17. The second-order valence-electron chi connectivity index (χ2n) is 5.98. The third kappa shape index (κ3) is 3.43. The van der Waals surface area contributed by atoms with Crippen LogP contribution in [0.25, 0.3) is 0 Å². The number of amides is 3. The van der Waals surface area contributed by atoms with Crippen LogP contribution in [0, 0.1) is 6.92 Å². The second kappa shape index (κ2) is 7.05. The quantitative estimate of drug-likeness (QED) is 0.917. The van der Waals surface area contributed by atoms with E-state index >= 15 is 0 Å². The molecular weight excluding hydrogens is 322 g/mol. The van der Waals surface area contributed by atoms with Gasteiger partial charge in [-0.2, -0.15) is 0 Å². The number of nitrogens with zero attached hydrogens (tertiary/aromatic N) is 2. The van der Waals surface area contributed by atoms with Crippen LogP contribution in [-0.4, -0.2) is 30.4 Å². The Morgan fingerprint density at radius 3 is 2.79 bits per heavy atom. The number of urea groups is 1. The second-order valence-corrected chi connectivity index (χ2v) is 6.98. The summed E-state index contributed by atoms with van der Waals surface area (Å²) >= 11 is 1.65. The van der Waals surface area contributed by atoms with Gasteiger partial charge in [-0.3, -0.25) is 4.79 Å². The van der Waals surface area contributed by atoms with Gasteiger partial charge in [0.2, 0.25) is 5.91 Å². The van der Waals surface area contributed by atoms with Crippen LogP contribution in [0.3, 0.4) is 0 Å². The van der Waals surface area contributed by atoms with Crippen LogP contribution in [0.2, 0.25) is 0 Å². The van der Waals surface area contributed by atoms with E-state index in [1.165, 1.54) is 10.4 Å². The molecule has 24 heavy (non-hydrogen) atoms. The van der Waals surface area contributed by atoms with Crippen LogP contribution in [0.4, 0.5) is 16.2 Å². The maximum atomic E-state index is 12.5. The molecule has 0 spiro atoms. The fourth-order valence-electron chi connectivity index (χ4n) is 2.78. The predicted octanol–water partition coefficient (Wildman–Crippen LogP) is 3.85. The molecule has 1 N–H and O–H groups in total. The number of carbonyl (C=O) groups excluding carboxylic acids is 2. The van der Waals surface area contributed by atoms with Crippen molar-refractivity contribution in [2.45, 2.75) is 26.3 Å². The number of rotatable bonds is 4. The number of nitrogens with one attached hydrogen (secondary N) is 1. The average molecular weight is 343 g/mol. The summed E-state index contributed by atoms with van der Waals surface area (Å²) < 4.78 is 0. The highest BCUT2D eigenvalue weighted by Crippen LogP contribution is 2.29. The van der Waals surface area contributed by atoms with Gasteiger partial charge in [0, 0.05) is 24.9 Å². The van der Waals surface area contributed by atoms with Crippen molar-refractivity contribution in [1.82, 2.24) is 4.90 Å². The van der Waals surface area contributed by atoms with Gasteiger partial charge in [0.1, 0.15) is 0 Å². The number of anilines is 2. The first kappa shape index (κ1) is 16.5. The summed E-state index contributed by atoms with van der Waals surface area (Å²) in [6, 6.07) is 9.34. The molecule has 2 heterocycles. The highest BCUT2D eigenvalue weighted by atomic mass is 32.1. The molecule has 6 heteroatoms. The SMILES string of the molecule is Cc1ccsc1CN(C)C(=O)Nc1ccccc1N1CCCC1=O. The Hall–Kier alpha value is -2.34. The van der Waals surface area contributed by atoms with Crippen molar-refractivity contribution in [3.63, 3.8) is 0 Å². The molecule has 0 radical (unpaired) electrons. The molecule has 1 aliphatic heterocycles. The Kier molecular flexibility index (Phi) is 4.85. The molecule has 0 unspecified atom stereocenters. The zero-order valence-electron chi connectivity index (χ0n) is 13.9. The number of thiophene rings is 1. The van der Waals surface area contributed by atoms with Crippen molar-refractivity contribution in [2.24, 2.45) is 0 Å². The number of para-hydroxylation sites is 2. The Balaban J connectivity index is 1.72. The van der Waals surface area contributed by atoms with E-state index in [2.05, 4.69) is 11.4 Å². The van der Waals surface area contributed by atoms with E-state index in [1.807, 2.05) is 36.6 Å². The fourth-order valence-corrected chi connectivity index (χ4v) is 3.74. The van der Waals surface area contributed by atoms with E-state index in [0.717, 1.165) is 12.1 Å². The van der Waals surface area contributed by atoms with E-state index in [9.17, 15) is 9.59 Å². The van der Waals surface area contributed by atoms with Gasteiger partial charge < -0.3 is 15.1 Å². The molecule has 5 nitrogen and oxygen atoms in total. The lowest BCUT2D eigenvalue weighted by molar-refractivity contribution is -0.117. The molecule has 1 aliphatic rings. The summed E-state index contributed by atoms with van der Waals surface area (Å²) in [5.74, 6) is 0.110. The van der Waals surface area contributed by atoms with E-state index in [-0.39, 0.29) is 11.9 Å². The number of benzene rings is 1. The smallest absolute Gasteiger partial charge is 0.321 e. The topological polar surface area (TPSA) is 52.7 Å². The summed E-state index contributed by atoms with van der Waals surface area (Å²) in [4.78, 5) is 29.1. The minimum Gasteiger partial charge on any atom is -0.322 e. The minimum atomic E-state index is -0.179. The molecular formula is C18H21N3O2S. The van der Waals surface area contributed by atoms with Crippen molar-refractivity contribution in [3.05, 3.63) is 46.2 Å². The maximum Gasteiger partial charge on any atom is 0.321 e. The summed E-state index contributed by atoms with van der Waals surface area (Å²) in [6.45, 7) is 3.32. The Morgan fingerprint density at radius 2 is 2.12 bits per heavy atom. The summed E-state index contributed by atoms with van der Waals surface area (Å²) in [5, 5.41) is 4.97. The largest absolute Gasteiger partial charge is 0.322 e. The molecule has 0 saturated carbocycles. The number of hydrogen-bond donors (Lipinski definition) is 1. The molecule has 0 atom stereocenters. The van der Waals surface area contributed by atoms with Crippen LogP contribution >= 0.6 is 11.3 Å². The lowest BCUT2D eigenvalue weighted by atomic mass is 10.2. The van der Waals surface area contributed by atoms with Gasteiger partial charge in [-0.05, 0) is 42.5 Å². The molecule has 3 rings (SSSR count). The Labute approximate surface area is 145 Å². The van der Waals surface area contributed by atoms with Gasteiger partial charge in [-0.15, -0.1) is 11.3 Å². The van der Waals surface area contributed by atoms with Gasteiger partial charge in [0.15, 0.2) is 0 Å². The fraction of sp³-hybridized carbons (Fsp3) is 0.333. The van der Waals surface area contributed by atoms with Crippen molar-refractivity contribution >= 4 is 34.6 Å². The standard InChI is InChI=1S/C18H21N3O2S/c1-13-9-11-24-16(13)12-20(2)18(23)19-14-6-3-4-7-15(14)21-10-5-8-17(21)22/h3-4,6-7,9,11H,5,8,10,12H2,1-2H3,(H,19,23). The normalized spacial score (nSPS) is 14.1. The zero-order valence-corrected chi connectivity index (χ0v) is 14.7. The molecule has 1 fully saturated rings. The summed E-state index contributed by atoms with van der Waals surface area (Å²) in [5.41, 5.74) is 2.64. The van der Waals surface area contributed by atoms with E-state index in [4.69, 9.17) is 0 Å². The lowest BCUT2D eigenvalue weighted by Crippen LogP contribution is -2.32. The van der Waals surface area contributed by atoms with Gasteiger partial charge in [-0.1, -0.05) is 12.1 Å². The molecule has 2 aromatic rings. The van der Waals surface area contributed by atoms with Crippen LogP contribution in [0.1, 0.15) is 23.3 Å². The van der Waals surface area contributed by atoms with Crippen LogP contribution in [0.15, 0.2) is 35.7 Å². The molecule has 0 aliphatic carbocycles. The molecule has 1 aromatic carbocycles. The summed E-state index contributed by atoms with van der Waals surface area (Å²) in [7, 11) is 1.78. The molecule has 1 aromatic heterocycles. The Morgan fingerprint density at radius 1 is 1.33 bits per heavy atom. The van der Waals surface area contributed by atoms with Gasteiger partial charge in [0.05, 0.1) is 17.9 Å². The molecule has 126 valence electrons. The number of carbonyl (C=O) groups is 2. The maximum absolute atomic E-state index is 12.5. The van der Waals surface area contributed by atoms with Gasteiger partial charge >= 0.3 is 6.03 Å². The Bertz CT molecular complexity index is 756.